The average molecular weight is 204 g/mol. The van der Waals surface area contributed by atoms with E-state index in [1.807, 2.05) is 0 Å². The van der Waals surface area contributed by atoms with Crippen LogP contribution >= 0.6 is 0 Å². The molecule has 1 saturated carbocycles. The van der Waals surface area contributed by atoms with E-state index in [-0.39, 0.29) is 0 Å². The highest BCUT2D eigenvalue weighted by Crippen LogP contribution is 2.61. The monoisotopic (exact) mass is 204 g/mol. The molecule has 0 bridgehead atoms. The standard InChI is InChI=1S/C15H24/c1-11-6-5-7-12(2)10-14-13(9-8-11)15(14,3)4/h6,10,13-14H,5,7-9H2,1-4H3/b11-6+,12-10+/t13-,14-/m1/s1. The zero-order valence-electron chi connectivity index (χ0n) is 10.6. The van der Waals surface area contributed by atoms with Crippen LogP contribution in [0.5, 0.6) is 0 Å². The maximum Gasteiger partial charge on any atom is -0.0143 e. The summed E-state index contributed by atoms with van der Waals surface area (Å²) < 4.78 is 0. The molecule has 0 heteroatoms. The SMILES string of the molecule is C/C1=C\[C@@H]2[C@@H](CC/C(C)=C/CC1)C2(C)C. The lowest BCUT2D eigenvalue weighted by Gasteiger charge is -2.05. The Morgan fingerprint density at radius 1 is 1.13 bits per heavy atom. The first-order valence-corrected chi connectivity index (χ1v) is 6.34. The van der Waals surface area contributed by atoms with Gasteiger partial charge in [-0.1, -0.05) is 37.1 Å². The Morgan fingerprint density at radius 3 is 2.60 bits per heavy atom. The van der Waals surface area contributed by atoms with Crippen molar-refractivity contribution in [3.63, 3.8) is 0 Å². The van der Waals surface area contributed by atoms with Gasteiger partial charge in [0, 0.05) is 0 Å². The minimum Gasteiger partial charge on any atom is -0.0853 e. The normalized spacial score (nSPS) is 41.9. The van der Waals surface area contributed by atoms with Crippen LogP contribution in [0.4, 0.5) is 0 Å². The summed E-state index contributed by atoms with van der Waals surface area (Å²) in [5.74, 6) is 1.80. The van der Waals surface area contributed by atoms with Gasteiger partial charge >= 0.3 is 0 Å². The molecule has 0 N–H and O–H groups in total. The third-order valence-corrected chi connectivity index (χ3v) is 4.48. The maximum absolute atomic E-state index is 2.55. The molecule has 2 aliphatic carbocycles. The van der Waals surface area contributed by atoms with Crippen molar-refractivity contribution in [1.82, 2.24) is 0 Å². The molecular formula is C15H24. The summed E-state index contributed by atoms with van der Waals surface area (Å²) in [5.41, 5.74) is 3.78. The molecule has 0 radical (unpaired) electrons. The number of fused-ring (bicyclic) bond motifs is 1. The third kappa shape index (κ3) is 2.19. The topological polar surface area (TPSA) is 0 Å². The van der Waals surface area contributed by atoms with E-state index < -0.39 is 0 Å². The molecule has 0 nitrogen and oxygen atoms in total. The molecule has 0 unspecified atom stereocenters. The molecule has 2 aliphatic rings. The second kappa shape index (κ2) is 3.81. The van der Waals surface area contributed by atoms with Crippen molar-refractivity contribution in [3.05, 3.63) is 23.3 Å². The van der Waals surface area contributed by atoms with E-state index in [0.29, 0.717) is 5.41 Å². The van der Waals surface area contributed by atoms with Crippen LogP contribution in [0.25, 0.3) is 0 Å². The van der Waals surface area contributed by atoms with E-state index in [1.54, 1.807) is 11.1 Å². The predicted octanol–water partition coefficient (Wildman–Crippen LogP) is 4.73. The highest BCUT2D eigenvalue weighted by atomic mass is 14.6. The average Bonchev–Trinajstić information content (AvgIpc) is 2.65. The summed E-state index contributed by atoms with van der Waals surface area (Å²) in [6, 6.07) is 0. The molecule has 0 heterocycles. The number of hydrogen-bond donors (Lipinski definition) is 0. The lowest BCUT2D eigenvalue weighted by molar-refractivity contribution is 0.528. The van der Waals surface area contributed by atoms with Crippen molar-refractivity contribution in [2.45, 2.75) is 53.4 Å². The Morgan fingerprint density at radius 2 is 1.87 bits per heavy atom. The molecule has 0 aliphatic heterocycles. The molecule has 1 fully saturated rings. The van der Waals surface area contributed by atoms with Gasteiger partial charge in [0.05, 0.1) is 0 Å². The van der Waals surface area contributed by atoms with Gasteiger partial charge < -0.3 is 0 Å². The molecule has 0 aromatic heterocycles. The minimum absolute atomic E-state index is 0.575. The maximum atomic E-state index is 2.55. The van der Waals surface area contributed by atoms with E-state index in [0.717, 1.165) is 11.8 Å². The Balaban J connectivity index is 2.13. The van der Waals surface area contributed by atoms with Crippen LogP contribution in [-0.4, -0.2) is 0 Å². The van der Waals surface area contributed by atoms with Gasteiger partial charge in [-0.25, -0.2) is 0 Å². The summed E-state index contributed by atoms with van der Waals surface area (Å²) in [5, 5.41) is 0. The minimum atomic E-state index is 0.575. The first kappa shape index (κ1) is 11.0. The van der Waals surface area contributed by atoms with E-state index in [9.17, 15) is 0 Å². The molecule has 0 spiro atoms. The lowest BCUT2D eigenvalue weighted by atomic mass is 10.0. The summed E-state index contributed by atoms with van der Waals surface area (Å²) in [6.45, 7) is 9.47. The summed E-state index contributed by atoms with van der Waals surface area (Å²) in [6.07, 6.45) is 10.2. The second-order valence-electron chi connectivity index (χ2n) is 6.09. The first-order valence-electron chi connectivity index (χ1n) is 6.34. The Kier molecular flexibility index (Phi) is 2.79. The van der Waals surface area contributed by atoms with Crippen molar-refractivity contribution in [2.24, 2.45) is 17.3 Å². The van der Waals surface area contributed by atoms with Crippen LogP contribution in [0.2, 0.25) is 0 Å². The fraction of sp³-hybridized carbons (Fsp3) is 0.733. The van der Waals surface area contributed by atoms with Crippen molar-refractivity contribution in [1.29, 1.82) is 0 Å². The Bertz CT molecular complexity index is 304. The molecule has 0 aromatic carbocycles. The third-order valence-electron chi connectivity index (χ3n) is 4.48. The Labute approximate surface area is 94.5 Å². The predicted molar refractivity (Wildman–Crippen MR) is 66.7 cm³/mol. The van der Waals surface area contributed by atoms with Crippen LogP contribution < -0.4 is 0 Å². The van der Waals surface area contributed by atoms with Gasteiger partial charge in [-0.3, -0.25) is 0 Å². The van der Waals surface area contributed by atoms with Crippen molar-refractivity contribution in [2.75, 3.05) is 0 Å². The summed E-state index contributed by atoms with van der Waals surface area (Å²) >= 11 is 0. The van der Waals surface area contributed by atoms with Gasteiger partial charge in [-0.2, -0.15) is 0 Å². The van der Waals surface area contributed by atoms with Gasteiger partial charge in [0.1, 0.15) is 0 Å². The summed E-state index contributed by atoms with van der Waals surface area (Å²) in [4.78, 5) is 0. The number of allylic oxidation sites excluding steroid dienone is 4. The van der Waals surface area contributed by atoms with Crippen molar-refractivity contribution in [3.8, 4) is 0 Å². The molecular weight excluding hydrogens is 180 g/mol. The van der Waals surface area contributed by atoms with Crippen LogP contribution in [0, 0.1) is 17.3 Å². The van der Waals surface area contributed by atoms with Crippen LogP contribution in [0.1, 0.15) is 53.4 Å². The molecule has 84 valence electrons. The van der Waals surface area contributed by atoms with Crippen LogP contribution in [0.3, 0.4) is 0 Å². The van der Waals surface area contributed by atoms with Gasteiger partial charge in [0.25, 0.3) is 0 Å². The first-order chi connectivity index (χ1) is 7.01. The van der Waals surface area contributed by atoms with E-state index >= 15 is 0 Å². The molecule has 2 rings (SSSR count). The number of rotatable bonds is 0. The highest BCUT2D eigenvalue weighted by molar-refractivity contribution is 5.19. The van der Waals surface area contributed by atoms with E-state index in [1.165, 1.54) is 25.7 Å². The lowest BCUT2D eigenvalue weighted by Crippen LogP contribution is -1.90. The zero-order chi connectivity index (χ0) is 11.1. The van der Waals surface area contributed by atoms with Crippen LogP contribution in [-0.2, 0) is 0 Å². The van der Waals surface area contributed by atoms with Gasteiger partial charge in [0.2, 0.25) is 0 Å². The molecule has 0 saturated heterocycles. The fourth-order valence-electron chi connectivity index (χ4n) is 3.09. The van der Waals surface area contributed by atoms with E-state index in [4.69, 9.17) is 0 Å². The second-order valence-corrected chi connectivity index (χ2v) is 6.09. The largest absolute Gasteiger partial charge is 0.0853 e. The molecule has 0 aromatic rings. The quantitative estimate of drug-likeness (QED) is 0.501. The molecule has 2 atom stereocenters. The molecule has 0 amide bonds. The van der Waals surface area contributed by atoms with Gasteiger partial charge in [-0.15, -0.1) is 0 Å². The van der Waals surface area contributed by atoms with Crippen molar-refractivity contribution < 1.29 is 0 Å². The van der Waals surface area contributed by atoms with Gasteiger partial charge in [-0.05, 0) is 56.8 Å². The zero-order valence-corrected chi connectivity index (χ0v) is 10.6. The van der Waals surface area contributed by atoms with Crippen molar-refractivity contribution >= 4 is 0 Å². The fourth-order valence-corrected chi connectivity index (χ4v) is 3.09. The Hall–Kier alpha value is -0.520. The van der Waals surface area contributed by atoms with E-state index in [2.05, 4.69) is 39.8 Å². The molecule has 15 heavy (non-hydrogen) atoms. The smallest absolute Gasteiger partial charge is 0.0143 e. The highest BCUT2D eigenvalue weighted by Gasteiger charge is 2.55. The summed E-state index contributed by atoms with van der Waals surface area (Å²) in [7, 11) is 0. The van der Waals surface area contributed by atoms with Crippen LogP contribution in [0.15, 0.2) is 23.3 Å². The number of hydrogen-bond acceptors (Lipinski definition) is 0. The van der Waals surface area contributed by atoms with Gasteiger partial charge in [0.15, 0.2) is 0 Å².